The minimum atomic E-state index is -0.203. The van der Waals surface area contributed by atoms with Gasteiger partial charge in [0, 0.05) is 0 Å². The van der Waals surface area contributed by atoms with Gasteiger partial charge in [0.1, 0.15) is 0 Å². The summed E-state index contributed by atoms with van der Waals surface area (Å²) in [5.41, 5.74) is 0. The lowest BCUT2D eigenvalue weighted by Gasteiger charge is -2.12. The van der Waals surface area contributed by atoms with E-state index in [0.29, 0.717) is 6.42 Å². The summed E-state index contributed by atoms with van der Waals surface area (Å²) in [6.45, 7) is 3.66. The first kappa shape index (κ1) is 12.6. The van der Waals surface area contributed by atoms with Crippen LogP contribution in [0, 0.1) is 5.92 Å². The van der Waals surface area contributed by atoms with Gasteiger partial charge < -0.3 is 0 Å². The molecule has 0 saturated heterocycles. The molecule has 1 nitrogen and oxygen atoms in total. The van der Waals surface area contributed by atoms with Gasteiger partial charge in [-0.15, -0.1) is 29.7 Å². The second-order valence-electron chi connectivity index (χ2n) is 2.94. The number of thioether (sulfide) groups is 1. The van der Waals surface area contributed by atoms with E-state index in [4.69, 9.17) is 12.2 Å². The highest BCUT2D eigenvalue weighted by atomic mass is 32.2. The topological polar surface area (TPSA) is 17.1 Å². The van der Waals surface area contributed by atoms with E-state index in [0.717, 1.165) is 9.07 Å². The van der Waals surface area contributed by atoms with Crippen LogP contribution in [0.1, 0.15) is 16.1 Å². The first-order valence-corrected chi connectivity index (χ1v) is 6.98. The fourth-order valence-electron chi connectivity index (χ4n) is 1.21. The van der Waals surface area contributed by atoms with Gasteiger partial charge in [0.15, 0.2) is 5.78 Å². The third-order valence-corrected chi connectivity index (χ3v) is 4.32. The van der Waals surface area contributed by atoms with Gasteiger partial charge in [-0.05, 0) is 24.1 Å². The lowest BCUT2D eigenvalue weighted by molar-refractivity contribution is 0.0961. The SMILES string of the molecule is C=CCC(C(=O)c1cccs1)C(=S)SC. The molecule has 1 unspecified atom stereocenters. The number of thiocarbonyl (C=S) groups is 1. The Balaban J connectivity index is 2.85. The molecule has 0 aliphatic rings. The van der Waals surface area contributed by atoms with Crippen molar-refractivity contribution in [1.82, 2.24) is 0 Å². The van der Waals surface area contributed by atoms with E-state index < -0.39 is 0 Å². The van der Waals surface area contributed by atoms with Crippen molar-refractivity contribution >= 4 is 45.3 Å². The van der Waals surface area contributed by atoms with Crippen molar-refractivity contribution in [3.8, 4) is 0 Å². The zero-order chi connectivity index (χ0) is 11.3. The van der Waals surface area contributed by atoms with Gasteiger partial charge in [0.2, 0.25) is 0 Å². The molecule has 4 heteroatoms. The lowest BCUT2D eigenvalue weighted by Crippen LogP contribution is -2.19. The van der Waals surface area contributed by atoms with Crippen molar-refractivity contribution in [2.75, 3.05) is 6.26 Å². The third kappa shape index (κ3) is 3.26. The Morgan fingerprint density at radius 2 is 2.53 bits per heavy atom. The molecule has 0 amide bonds. The van der Waals surface area contributed by atoms with Gasteiger partial charge in [0.25, 0.3) is 0 Å². The van der Waals surface area contributed by atoms with E-state index >= 15 is 0 Å². The van der Waals surface area contributed by atoms with E-state index in [1.54, 1.807) is 6.08 Å². The maximum Gasteiger partial charge on any atom is 0.181 e. The summed E-state index contributed by atoms with van der Waals surface area (Å²) in [5, 5.41) is 1.90. The van der Waals surface area contributed by atoms with E-state index in [9.17, 15) is 4.79 Å². The molecule has 1 heterocycles. The minimum Gasteiger partial charge on any atom is -0.293 e. The molecule has 0 saturated carbocycles. The van der Waals surface area contributed by atoms with Gasteiger partial charge in [-0.2, -0.15) is 0 Å². The zero-order valence-corrected chi connectivity index (χ0v) is 10.9. The van der Waals surface area contributed by atoms with Crippen LogP contribution < -0.4 is 0 Å². The Bertz CT molecular complexity index is 354. The fourth-order valence-corrected chi connectivity index (χ4v) is 2.62. The summed E-state index contributed by atoms with van der Waals surface area (Å²) in [6, 6.07) is 3.72. The largest absolute Gasteiger partial charge is 0.293 e. The zero-order valence-electron chi connectivity index (χ0n) is 8.43. The molecular weight excluding hydrogens is 244 g/mol. The second-order valence-corrected chi connectivity index (χ2v) is 5.44. The Kier molecular flexibility index (Phi) is 5.22. The number of allylic oxidation sites excluding steroid dienone is 1. The number of carbonyl (C=O) groups is 1. The van der Waals surface area contributed by atoms with Gasteiger partial charge in [-0.25, -0.2) is 0 Å². The highest BCUT2D eigenvalue weighted by Gasteiger charge is 2.23. The van der Waals surface area contributed by atoms with Crippen molar-refractivity contribution in [3.63, 3.8) is 0 Å². The third-order valence-electron chi connectivity index (χ3n) is 1.97. The highest BCUT2D eigenvalue weighted by Crippen LogP contribution is 2.22. The number of ketones is 1. The number of rotatable bonds is 5. The summed E-state index contributed by atoms with van der Waals surface area (Å²) in [5.74, 6) is -0.0876. The van der Waals surface area contributed by atoms with Crippen molar-refractivity contribution in [1.29, 1.82) is 0 Å². The normalized spacial score (nSPS) is 12.1. The van der Waals surface area contributed by atoms with Crippen molar-refractivity contribution in [3.05, 3.63) is 35.0 Å². The molecule has 0 N–H and O–H groups in total. The summed E-state index contributed by atoms with van der Waals surface area (Å²) in [6.07, 6.45) is 4.27. The van der Waals surface area contributed by atoms with Crippen LogP contribution in [-0.2, 0) is 0 Å². The average molecular weight is 256 g/mol. The number of Topliss-reactive ketones (excluding diaryl/α,β-unsaturated/α-hetero) is 1. The first-order chi connectivity index (χ1) is 7.20. The van der Waals surface area contributed by atoms with Crippen molar-refractivity contribution < 1.29 is 4.79 Å². The van der Waals surface area contributed by atoms with Crippen LogP contribution in [-0.4, -0.2) is 16.2 Å². The van der Waals surface area contributed by atoms with Crippen LogP contribution in [0.15, 0.2) is 30.2 Å². The number of thiophene rings is 1. The van der Waals surface area contributed by atoms with Crippen LogP contribution >= 0.6 is 35.3 Å². The molecule has 80 valence electrons. The summed E-state index contributed by atoms with van der Waals surface area (Å²) in [4.78, 5) is 12.8. The molecule has 1 rings (SSSR count). The van der Waals surface area contributed by atoms with Gasteiger partial charge in [-0.3, -0.25) is 4.79 Å². The Morgan fingerprint density at radius 3 is 3.00 bits per heavy atom. The molecule has 15 heavy (non-hydrogen) atoms. The number of hydrogen-bond acceptors (Lipinski definition) is 4. The van der Waals surface area contributed by atoms with Crippen LogP contribution in [0.4, 0.5) is 0 Å². The van der Waals surface area contributed by atoms with Gasteiger partial charge in [0.05, 0.1) is 15.0 Å². The van der Waals surface area contributed by atoms with Gasteiger partial charge >= 0.3 is 0 Å². The molecule has 0 spiro atoms. The smallest absolute Gasteiger partial charge is 0.181 e. The maximum atomic E-state index is 12.1. The Labute approximate surface area is 104 Å². The average Bonchev–Trinajstić information content (AvgIpc) is 2.77. The van der Waals surface area contributed by atoms with Crippen molar-refractivity contribution in [2.45, 2.75) is 6.42 Å². The number of carbonyl (C=O) groups excluding carboxylic acids is 1. The molecule has 1 atom stereocenters. The fraction of sp³-hybridized carbons (Fsp3) is 0.273. The first-order valence-electron chi connectivity index (χ1n) is 4.47. The second kappa shape index (κ2) is 6.20. The quantitative estimate of drug-likeness (QED) is 0.453. The van der Waals surface area contributed by atoms with Crippen LogP contribution in [0.2, 0.25) is 0 Å². The number of hydrogen-bond donors (Lipinski definition) is 0. The van der Waals surface area contributed by atoms with E-state index in [1.807, 2.05) is 23.8 Å². The molecular formula is C11H12OS3. The summed E-state index contributed by atoms with van der Waals surface area (Å²) >= 11 is 8.12. The molecule has 0 aliphatic heterocycles. The van der Waals surface area contributed by atoms with Crippen LogP contribution in [0.3, 0.4) is 0 Å². The predicted octanol–water partition coefficient (Wildman–Crippen LogP) is 3.81. The van der Waals surface area contributed by atoms with Gasteiger partial charge in [-0.1, -0.05) is 24.4 Å². The van der Waals surface area contributed by atoms with E-state index in [-0.39, 0.29) is 11.7 Å². The molecule has 0 bridgehead atoms. The molecule has 1 aromatic rings. The van der Waals surface area contributed by atoms with Crippen LogP contribution in [0.25, 0.3) is 0 Å². The summed E-state index contributed by atoms with van der Waals surface area (Å²) < 4.78 is 0.744. The minimum absolute atomic E-state index is 0.115. The standard InChI is InChI=1S/C11H12OS3/c1-3-5-8(11(13)14-2)10(12)9-6-4-7-15-9/h3-4,6-8H,1,5H2,2H3. The maximum absolute atomic E-state index is 12.1. The molecule has 1 aromatic heterocycles. The Hall–Kier alpha value is -0.450. The lowest BCUT2D eigenvalue weighted by atomic mass is 10.0. The highest BCUT2D eigenvalue weighted by molar-refractivity contribution is 8.22. The molecule has 0 radical (unpaired) electrons. The molecule has 0 fully saturated rings. The summed E-state index contributed by atoms with van der Waals surface area (Å²) in [7, 11) is 0. The predicted molar refractivity (Wildman–Crippen MR) is 73.1 cm³/mol. The Morgan fingerprint density at radius 1 is 1.80 bits per heavy atom. The van der Waals surface area contributed by atoms with Crippen molar-refractivity contribution in [2.24, 2.45) is 5.92 Å². The van der Waals surface area contributed by atoms with Crippen LogP contribution in [0.5, 0.6) is 0 Å². The monoisotopic (exact) mass is 256 g/mol. The van der Waals surface area contributed by atoms with E-state index in [1.165, 1.54) is 23.1 Å². The molecule has 0 aromatic carbocycles. The molecule has 0 aliphatic carbocycles. The van der Waals surface area contributed by atoms with E-state index in [2.05, 4.69) is 6.58 Å².